The smallest absolute Gasteiger partial charge is 0.222 e. The zero-order chi connectivity index (χ0) is 21.6. The number of benzene rings is 2. The first-order valence-electron chi connectivity index (χ1n) is 10.0. The van der Waals surface area contributed by atoms with Gasteiger partial charge in [-0.05, 0) is 47.7 Å². The zero-order valence-corrected chi connectivity index (χ0v) is 18.0. The van der Waals surface area contributed by atoms with Crippen molar-refractivity contribution < 1.29 is 4.79 Å². The van der Waals surface area contributed by atoms with E-state index < -0.39 is 0 Å². The summed E-state index contributed by atoms with van der Waals surface area (Å²) in [5.41, 5.74) is 4.59. The topological polar surface area (TPSA) is 61.9 Å². The molecule has 6 heteroatoms. The molecule has 2 aromatic carbocycles. The average Bonchev–Trinajstić information content (AvgIpc) is 3.48. The molecule has 0 saturated carbocycles. The van der Waals surface area contributed by atoms with Crippen molar-refractivity contribution in [3.8, 4) is 22.3 Å². The maximum absolute atomic E-state index is 12.8. The van der Waals surface area contributed by atoms with Crippen molar-refractivity contribution in [2.45, 2.75) is 19.4 Å². The molecule has 0 saturated heterocycles. The number of hydrogen-bond acceptors (Lipinski definition) is 4. The SMILES string of the molecule is CN(Cc1cn(-c2ccccc2)nc1-c1cccs1)C(=O)CCc1ccc(C#N)cc1. The van der Waals surface area contributed by atoms with Crippen molar-refractivity contribution in [3.63, 3.8) is 0 Å². The molecule has 0 aliphatic carbocycles. The Morgan fingerprint density at radius 2 is 1.87 bits per heavy atom. The van der Waals surface area contributed by atoms with Crippen molar-refractivity contribution in [2.75, 3.05) is 7.05 Å². The molecule has 1 amide bonds. The second-order valence-corrected chi connectivity index (χ2v) is 8.27. The molecule has 0 unspecified atom stereocenters. The van der Waals surface area contributed by atoms with Gasteiger partial charge in [0.15, 0.2) is 0 Å². The highest BCUT2D eigenvalue weighted by molar-refractivity contribution is 7.13. The van der Waals surface area contributed by atoms with E-state index in [0.29, 0.717) is 24.9 Å². The monoisotopic (exact) mass is 426 g/mol. The van der Waals surface area contributed by atoms with Crippen LogP contribution < -0.4 is 0 Å². The van der Waals surface area contributed by atoms with Crippen molar-refractivity contribution >= 4 is 17.2 Å². The lowest BCUT2D eigenvalue weighted by Gasteiger charge is -2.17. The van der Waals surface area contributed by atoms with Crippen molar-refractivity contribution in [1.29, 1.82) is 5.26 Å². The zero-order valence-electron chi connectivity index (χ0n) is 17.2. The Balaban J connectivity index is 1.48. The van der Waals surface area contributed by atoms with E-state index in [1.165, 1.54) is 0 Å². The normalized spacial score (nSPS) is 10.6. The first-order valence-corrected chi connectivity index (χ1v) is 10.9. The molecule has 0 atom stereocenters. The largest absolute Gasteiger partial charge is 0.341 e. The minimum Gasteiger partial charge on any atom is -0.341 e. The van der Waals surface area contributed by atoms with E-state index in [4.69, 9.17) is 10.4 Å². The summed E-state index contributed by atoms with van der Waals surface area (Å²) in [5.74, 6) is 0.0777. The van der Waals surface area contributed by atoms with E-state index in [1.54, 1.807) is 28.4 Å². The first kappa shape index (κ1) is 20.6. The van der Waals surface area contributed by atoms with Gasteiger partial charge in [-0.3, -0.25) is 4.79 Å². The highest BCUT2D eigenvalue weighted by Crippen LogP contribution is 2.28. The van der Waals surface area contributed by atoms with Gasteiger partial charge in [-0.1, -0.05) is 36.4 Å². The summed E-state index contributed by atoms with van der Waals surface area (Å²) in [6.07, 6.45) is 3.08. The lowest BCUT2D eigenvalue weighted by atomic mass is 10.1. The van der Waals surface area contributed by atoms with Crippen molar-refractivity contribution in [2.24, 2.45) is 0 Å². The number of para-hydroxylation sites is 1. The molecule has 2 aromatic heterocycles. The summed E-state index contributed by atoms with van der Waals surface area (Å²) < 4.78 is 1.87. The van der Waals surface area contributed by atoms with Crippen LogP contribution in [0.5, 0.6) is 0 Å². The maximum atomic E-state index is 12.8. The highest BCUT2D eigenvalue weighted by Gasteiger charge is 2.17. The summed E-state index contributed by atoms with van der Waals surface area (Å²) in [6.45, 7) is 0.492. The van der Waals surface area contributed by atoms with Gasteiger partial charge in [0.2, 0.25) is 5.91 Å². The van der Waals surface area contributed by atoms with Gasteiger partial charge in [-0.2, -0.15) is 10.4 Å². The molecule has 0 bridgehead atoms. The third-order valence-corrected chi connectivity index (χ3v) is 5.99. The molecular formula is C25H22N4OS. The van der Waals surface area contributed by atoms with E-state index in [2.05, 4.69) is 12.1 Å². The van der Waals surface area contributed by atoms with Gasteiger partial charge in [0.25, 0.3) is 0 Å². The van der Waals surface area contributed by atoms with Crippen LogP contribution in [0.2, 0.25) is 0 Å². The minimum atomic E-state index is 0.0777. The second kappa shape index (κ2) is 9.41. The molecule has 31 heavy (non-hydrogen) atoms. The number of thiophene rings is 1. The molecule has 154 valence electrons. The van der Waals surface area contributed by atoms with Crippen molar-refractivity contribution in [1.82, 2.24) is 14.7 Å². The van der Waals surface area contributed by atoms with Gasteiger partial charge in [-0.15, -0.1) is 11.3 Å². The Morgan fingerprint density at radius 1 is 1.10 bits per heavy atom. The Hall–Kier alpha value is -3.69. The number of nitriles is 1. The lowest BCUT2D eigenvalue weighted by Crippen LogP contribution is -2.26. The lowest BCUT2D eigenvalue weighted by molar-refractivity contribution is -0.130. The minimum absolute atomic E-state index is 0.0777. The number of aryl methyl sites for hydroxylation is 1. The standard InChI is InChI=1S/C25H22N4OS/c1-28(24(30)14-13-19-9-11-20(16-26)12-10-19)17-21-18-29(22-6-3-2-4-7-22)27-25(21)23-8-5-15-31-23/h2-12,15,18H,13-14,17H2,1H3. The van der Waals surface area contributed by atoms with E-state index >= 15 is 0 Å². The molecular weight excluding hydrogens is 404 g/mol. The van der Waals surface area contributed by atoms with Gasteiger partial charge in [0.05, 0.1) is 22.2 Å². The van der Waals surface area contributed by atoms with Gasteiger partial charge in [-0.25, -0.2) is 4.68 Å². The Bertz CT molecular complexity index is 1190. The van der Waals surface area contributed by atoms with Crippen LogP contribution in [0.15, 0.2) is 78.3 Å². The summed E-state index contributed by atoms with van der Waals surface area (Å²) >= 11 is 1.64. The number of carbonyl (C=O) groups excluding carboxylic acids is 1. The molecule has 4 rings (SSSR count). The van der Waals surface area contributed by atoms with Crippen LogP contribution in [0.1, 0.15) is 23.1 Å². The van der Waals surface area contributed by atoms with Gasteiger partial charge in [0.1, 0.15) is 5.69 Å². The molecule has 0 N–H and O–H groups in total. The molecule has 0 spiro atoms. The number of aromatic nitrogens is 2. The Kier molecular flexibility index (Phi) is 6.25. The Labute approximate surface area is 185 Å². The number of amides is 1. The van der Waals surface area contributed by atoms with Crippen LogP contribution in [-0.4, -0.2) is 27.6 Å². The molecule has 5 nitrogen and oxygen atoms in total. The van der Waals surface area contributed by atoms with Crippen LogP contribution in [0.25, 0.3) is 16.3 Å². The summed E-state index contributed by atoms with van der Waals surface area (Å²) in [4.78, 5) is 15.6. The molecule has 0 radical (unpaired) electrons. The molecule has 2 heterocycles. The van der Waals surface area contributed by atoms with Crippen LogP contribution in [0.4, 0.5) is 0 Å². The van der Waals surface area contributed by atoms with E-state index in [9.17, 15) is 4.79 Å². The van der Waals surface area contributed by atoms with E-state index in [0.717, 1.165) is 27.4 Å². The summed E-state index contributed by atoms with van der Waals surface area (Å²) in [7, 11) is 1.83. The third kappa shape index (κ3) is 4.90. The third-order valence-electron chi connectivity index (χ3n) is 5.11. The van der Waals surface area contributed by atoms with Crippen LogP contribution in [-0.2, 0) is 17.8 Å². The predicted molar refractivity (Wildman–Crippen MR) is 123 cm³/mol. The predicted octanol–water partition coefficient (Wildman–Crippen LogP) is 5.06. The molecule has 4 aromatic rings. The van der Waals surface area contributed by atoms with E-state index in [-0.39, 0.29) is 5.91 Å². The fourth-order valence-corrected chi connectivity index (χ4v) is 4.14. The summed E-state index contributed by atoms with van der Waals surface area (Å²) in [5, 5.41) is 15.8. The van der Waals surface area contributed by atoms with Gasteiger partial charge < -0.3 is 4.90 Å². The fourth-order valence-electron chi connectivity index (χ4n) is 3.39. The van der Waals surface area contributed by atoms with Crippen LogP contribution >= 0.6 is 11.3 Å². The number of carbonyl (C=O) groups is 1. The number of hydrogen-bond donors (Lipinski definition) is 0. The fraction of sp³-hybridized carbons (Fsp3) is 0.160. The first-order chi connectivity index (χ1) is 15.1. The Morgan fingerprint density at radius 3 is 2.55 bits per heavy atom. The highest BCUT2D eigenvalue weighted by atomic mass is 32.1. The summed E-state index contributed by atoms with van der Waals surface area (Å²) in [6, 6.07) is 23.6. The second-order valence-electron chi connectivity index (χ2n) is 7.32. The molecule has 0 aliphatic heterocycles. The average molecular weight is 427 g/mol. The number of nitrogens with zero attached hydrogens (tertiary/aromatic N) is 4. The van der Waals surface area contributed by atoms with Crippen LogP contribution in [0.3, 0.4) is 0 Å². The quantitative estimate of drug-likeness (QED) is 0.415. The maximum Gasteiger partial charge on any atom is 0.222 e. The molecule has 0 aliphatic rings. The van der Waals surface area contributed by atoms with E-state index in [1.807, 2.05) is 71.8 Å². The van der Waals surface area contributed by atoms with Crippen molar-refractivity contribution in [3.05, 3.63) is 95.0 Å². The number of rotatable bonds is 7. The molecule has 0 fully saturated rings. The van der Waals surface area contributed by atoms with Crippen LogP contribution in [0, 0.1) is 11.3 Å². The van der Waals surface area contributed by atoms with Gasteiger partial charge >= 0.3 is 0 Å². The van der Waals surface area contributed by atoms with Gasteiger partial charge in [0, 0.05) is 31.8 Å².